The van der Waals surface area contributed by atoms with Crippen LogP contribution >= 0.6 is 11.6 Å². The quantitative estimate of drug-likeness (QED) is 0.143. The number of benzene rings is 5. The molecule has 0 bridgehead atoms. The third-order valence-corrected chi connectivity index (χ3v) is 9.18. The van der Waals surface area contributed by atoms with E-state index < -0.39 is 22.0 Å². The molecule has 6 nitrogen and oxygen atoms in total. The lowest BCUT2D eigenvalue weighted by Gasteiger charge is -2.27. The number of halogens is 1. The Balaban J connectivity index is 0.000000677. The Hall–Kier alpha value is -4.69. The number of aromatic carboxylic acids is 1. The molecular weight excluding hydrogens is 640 g/mol. The summed E-state index contributed by atoms with van der Waals surface area (Å²) in [5.74, 6) is -0.949. The van der Waals surface area contributed by atoms with Crippen LogP contribution in [0.25, 0.3) is 10.9 Å². The van der Waals surface area contributed by atoms with Gasteiger partial charge in [-0.1, -0.05) is 121 Å². The van der Waals surface area contributed by atoms with Crippen molar-refractivity contribution in [2.24, 2.45) is 0 Å². The van der Waals surface area contributed by atoms with E-state index in [-0.39, 0.29) is 11.6 Å². The molecule has 6 rings (SSSR count). The normalized spacial score (nSPS) is 12.0. The highest BCUT2D eigenvalue weighted by atomic mass is 35.5. The smallest absolute Gasteiger partial charge is 0.335 e. The van der Waals surface area contributed by atoms with Gasteiger partial charge in [-0.15, -0.1) is 0 Å². The number of nitrogens with one attached hydrogen (secondary N) is 1. The fourth-order valence-corrected chi connectivity index (χ4v) is 7.12. The summed E-state index contributed by atoms with van der Waals surface area (Å²) < 4.78 is 30.1. The van der Waals surface area contributed by atoms with Crippen molar-refractivity contribution < 1.29 is 18.3 Å². The summed E-state index contributed by atoms with van der Waals surface area (Å²) in [5, 5.41) is 10.8. The van der Waals surface area contributed by atoms with Gasteiger partial charge in [-0.25, -0.2) is 17.9 Å². The number of carboxylic acid groups (broad SMARTS) is 1. The molecule has 1 unspecified atom stereocenters. The van der Waals surface area contributed by atoms with Crippen LogP contribution in [0.3, 0.4) is 0 Å². The van der Waals surface area contributed by atoms with Gasteiger partial charge < -0.3 is 9.67 Å². The largest absolute Gasteiger partial charge is 0.478 e. The van der Waals surface area contributed by atoms with Crippen molar-refractivity contribution in [2.45, 2.75) is 38.3 Å². The Labute approximate surface area is 287 Å². The maximum Gasteiger partial charge on any atom is 0.335 e. The minimum atomic E-state index is -3.52. The first-order chi connectivity index (χ1) is 23.1. The van der Waals surface area contributed by atoms with Crippen molar-refractivity contribution in [3.8, 4) is 0 Å². The van der Waals surface area contributed by atoms with Gasteiger partial charge in [0, 0.05) is 21.6 Å². The van der Waals surface area contributed by atoms with Crippen LogP contribution in [0.5, 0.6) is 0 Å². The number of carbonyl (C=O) groups is 1. The predicted octanol–water partition coefficient (Wildman–Crippen LogP) is 9.10. The summed E-state index contributed by atoms with van der Waals surface area (Å²) in [4.78, 5) is 11.3. The standard InChI is InChI=1S/C34H33ClN2O4S.C6H6/c1-23(36-42(2,40)41)32-29(15-9-10-24-16-18-27(19-17-24)34(38)39)30-22-28(35)20-21-31(30)37(32)33(25-11-5-3-6-12-25)26-13-7-4-8-14-26;1-2-4-6-5-3-1/h3-8,11-14,16-23,33,36H,9-10,15H2,1-2H3,(H,38,39);1-6H. The van der Waals surface area contributed by atoms with E-state index in [0.717, 1.165) is 51.7 Å². The summed E-state index contributed by atoms with van der Waals surface area (Å²) in [6.45, 7) is 1.88. The van der Waals surface area contributed by atoms with Crippen LogP contribution in [-0.4, -0.2) is 30.3 Å². The van der Waals surface area contributed by atoms with Crippen molar-refractivity contribution in [1.82, 2.24) is 9.29 Å². The molecule has 0 aliphatic rings. The first-order valence-electron chi connectivity index (χ1n) is 15.8. The molecule has 0 amide bonds. The number of carboxylic acids is 1. The van der Waals surface area contributed by atoms with E-state index in [4.69, 9.17) is 11.6 Å². The van der Waals surface area contributed by atoms with E-state index >= 15 is 0 Å². The molecule has 1 atom stereocenters. The van der Waals surface area contributed by atoms with Crippen LogP contribution in [0.4, 0.5) is 0 Å². The molecule has 48 heavy (non-hydrogen) atoms. The summed E-state index contributed by atoms with van der Waals surface area (Å²) >= 11 is 6.55. The van der Waals surface area contributed by atoms with Crippen molar-refractivity contribution in [3.63, 3.8) is 0 Å². The van der Waals surface area contributed by atoms with Gasteiger partial charge in [-0.2, -0.15) is 0 Å². The van der Waals surface area contributed by atoms with Crippen molar-refractivity contribution in [2.75, 3.05) is 6.26 Å². The molecule has 0 aliphatic carbocycles. The summed E-state index contributed by atoms with van der Waals surface area (Å²) in [7, 11) is -3.52. The molecular formula is C40H39ClN2O4S. The number of hydrogen-bond acceptors (Lipinski definition) is 3. The molecule has 2 N–H and O–H groups in total. The van der Waals surface area contributed by atoms with Crippen LogP contribution in [0.15, 0.2) is 140 Å². The Kier molecular flexibility index (Phi) is 11.5. The molecule has 6 aromatic rings. The highest BCUT2D eigenvalue weighted by Crippen LogP contribution is 2.40. The molecule has 0 aliphatic heterocycles. The second kappa shape index (κ2) is 15.9. The summed E-state index contributed by atoms with van der Waals surface area (Å²) in [6, 6.07) is 44.5. The van der Waals surface area contributed by atoms with Crippen LogP contribution < -0.4 is 4.72 Å². The number of hydrogen-bond donors (Lipinski definition) is 2. The third kappa shape index (κ3) is 8.81. The van der Waals surface area contributed by atoms with E-state index in [9.17, 15) is 18.3 Å². The van der Waals surface area contributed by atoms with Gasteiger partial charge in [-0.05, 0) is 78.8 Å². The molecule has 0 saturated carbocycles. The Morgan fingerprint density at radius 1 is 0.771 bits per heavy atom. The zero-order valence-electron chi connectivity index (χ0n) is 27.0. The topological polar surface area (TPSA) is 88.4 Å². The fraction of sp³-hybridized carbons (Fsp3) is 0.175. The van der Waals surface area contributed by atoms with Crippen molar-refractivity contribution in [1.29, 1.82) is 0 Å². The minimum Gasteiger partial charge on any atom is -0.478 e. The van der Waals surface area contributed by atoms with Gasteiger partial charge in [0.2, 0.25) is 10.0 Å². The van der Waals surface area contributed by atoms with Crippen LogP contribution in [-0.2, 0) is 22.9 Å². The van der Waals surface area contributed by atoms with E-state index in [0.29, 0.717) is 11.4 Å². The van der Waals surface area contributed by atoms with Crippen LogP contribution in [0, 0.1) is 0 Å². The maximum absolute atomic E-state index is 12.5. The molecule has 8 heteroatoms. The first kappa shape index (κ1) is 34.6. The molecule has 0 radical (unpaired) electrons. The average Bonchev–Trinajstić information content (AvgIpc) is 3.39. The molecule has 1 heterocycles. The number of nitrogens with zero attached hydrogens (tertiary/aromatic N) is 1. The van der Waals surface area contributed by atoms with Crippen molar-refractivity contribution >= 4 is 38.5 Å². The van der Waals surface area contributed by atoms with Gasteiger partial charge >= 0.3 is 5.97 Å². The Morgan fingerprint density at radius 2 is 1.29 bits per heavy atom. The SMILES string of the molecule is CC(NS(C)(=O)=O)c1c(CCCc2ccc(C(=O)O)cc2)c2cc(Cl)ccc2n1C(c1ccccc1)c1ccccc1.c1ccccc1. The molecule has 0 spiro atoms. The average molecular weight is 679 g/mol. The minimum absolute atomic E-state index is 0.216. The number of aryl methyl sites for hydroxylation is 2. The van der Waals surface area contributed by atoms with Gasteiger partial charge in [0.25, 0.3) is 0 Å². The van der Waals surface area contributed by atoms with E-state index in [2.05, 4.69) is 33.6 Å². The van der Waals surface area contributed by atoms with Crippen LogP contribution in [0.1, 0.15) is 63.7 Å². The predicted molar refractivity (Wildman–Crippen MR) is 195 cm³/mol. The Morgan fingerprint density at radius 3 is 1.79 bits per heavy atom. The molecule has 1 aromatic heterocycles. The van der Waals surface area contributed by atoms with E-state index in [1.807, 2.05) is 110 Å². The van der Waals surface area contributed by atoms with Gasteiger partial charge in [0.1, 0.15) is 0 Å². The first-order valence-corrected chi connectivity index (χ1v) is 18.1. The zero-order valence-corrected chi connectivity index (χ0v) is 28.5. The maximum atomic E-state index is 12.5. The van der Waals surface area contributed by atoms with E-state index in [1.54, 1.807) is 12.1 Å². The van der Waals surface area contributed by atoms with Gasteiger partial charge in [-0.3, -0.25) is 0 Å². The Bertz CT molecular complexity index is 1980. The zero-order chi connectivity index (χ0) is 34.1. The number of aromatic nitrogens is 1. The lowest BCUT2D eigenvalue weighted by molar-refractivity contribution is 0.0697. The lowest BCUT2D eigenvalue weighted by Crippen LogP contribution is -2.29. The number of fused-ring (bicyclic) bond motifs is 1. The highest BCUT2D eigenvalue weighted by Gasteiger charge is 2.29. The summed E-state index contributed by atoms with van der Waals surface area (Å²) in [6.07, 6.45) is 3.37. The van der Waals surface area contributed by atoms with Gasteiger partial charge in [0.05, 0.1) is 23.9 Å². The monoisotopic (exact) mass is 678 g/mol. The second-order valence-electron chi connectivity index (χ2n) is 11.7. The molecule has 5 aromatic carbocycles. The van der Waals surface area contributed by atoms with E-state index in [1.165, 1.54) is 6.26 Å². The lowest BCUT2D eigenvalue weighted by atomic mass is 9.96. The number of rotatable bonds is 11. The summed E-state index contributed by atoms with van der Waals surface area (Å²) in [5.41, 5.74) is 6.34. The number of sulfonamides is 1. The van der Waals surface area contributed by atoms with Crippen LogP contribution in [0.2, 0.25) is 5.02 Å². The fourth-order valence-electron chi connectivity index (χ4n) is 6.19. The molecule has 0 fully saturated rings. The second-order valence-corrected chi connectivity index (χ2v) is 14.0. The van der Waals surface area contributed by atoms with Gasteiger partial charge in [0.15, 0.2) is 0 Å². The molecule has 0 saturated heterocycles. The molecule has 246 valence electrons. The third-order valence-electron chi connectivity index (χ3n) is 8.16. The highest BCUT2D eigenvalue weighted by molar-refractivity contribution is 7.88. The van der Waals surface area contributed by atoms with Crippen molar-refractivity contribution in [3.05, 3.63) is 178 Å².